The molecular weight excluding hydrogens is 324 g/mol. The molecule has 0 aliphatic rings. The second-order valence-corrected chi connectivity index (χ2v) is 7.80. The highest BCUT2D eigenvalue weighted by molar-refractivity contribution is 7.89. The van der Waals surface area contributed by atoms with Gasteiger partial charge in [0, 0.05) is 20.6 Å². The first-order valence-electron chi connectivity index (χ1n) is 7.31. The quantitative estimate of drug-likeness (QED) is 0.736. The summed E-state index contributed by atoms with van der Waals surface area (Å²) in [5.41, 5.74) is 0.181. The monoisotopic (exact) mass is 346 g/mol. The largest absolute Gasteiger partial charge is 0.352 e. The first kappa shape index (κ1) is 18.9. The Morgan fingerprint density at radius 2 is 1.91 bits per heavy atom. The van der Waals surface area contributed by atoms with Gasteiger partial charge < -0.3 is 5.32 Å². The average molecular weight is 347 g/mol. The van der Waals surface area contributed by atoms with Crippen molar-refractivity contribution in [1.82, 2.24) is 9.62 Å². The zero-order valence-corrected chi connectivity index (χ0v) is 14.8. The van der Waals surface area contributed by atoms with Crippen LogP contribution in [-0.4, -0.2) is 39.3 Å². The molecule has 0 heterocycles. The number of amides is 1. The van der Waals surface area contributed by atoms with Crippen molar-refractivity contribution in [3.8, 4) is 0 Å². The molecule has 0 saturated carbocycles. The van der Waals surface area contributed by atoms with E-state index in [-0.39, 0.29) is 21.4 Å². The molecular formula is C15H23ClN2O3S. The number of unbranched alkanes of at least 4 members (excludes halogenated alkanes) is 3. The van der Waals surface area contributed by atoms with Crippen molar-refractivity contribution in [2.75, 3.05) is 20.6 Å². The van der Waals surface area contributed by atoms with Gasteiger partial charge in [0.05, 0.1) is 15.5 Å². The third kappa shape index (κ3) is 4.97. The molecule has 1 amide bonds. The molecule has 0 aliphatic carbocycles. The maximum atomic E-state index is 12.1. The molecule has 0 fully saturated rings. The Hall–Kier alpha value is -1.11. The van der Waals surface area contributed by atoms with Crippen LogP contribution in [0, 0.1) is 0 Å². The number of rotatable bonds is 8. The van der Waals surface area contributed by atoms with Crippen LogP contribution >= 0.6 is 11.6 Å². The van der Waals surface area contributed by atoms with Gasteiger partial charge in [0.25, 0.3) is 5.91 Å². The molecule has 124 valence electrons. The molecule has 0 aromatic heterocycles. The van der Waals surface area contributed by atoms with Crippen molar-refractivity contribution in [1.29, 1.82) is 0 Å². The second-order valence-electron chi connectivity index (χ2n) is 5.25. The fourth-order valence-electron chi connectivity index (χ4n) is 1.90. The van der Waals surface area contributed by atoms with Crippen molar-refractivity contribution in [2.45, 2.75) is 37.5 Å². The standard InChI is InChI=1S/C15H23ClN2O3S/c1-4-5-6-7-10-17-15(19)13-11-12(8-9-14(13)16)22(20,21)18(2)3/h8-9,11H,4-7,10H2,1-3H3,(H,17,19). The van der Waals surface area contributed by atoms with Gasteiger partial charge in [-0.05, 0) is 24.6 Å². The smallest absolute Gasteiger partial charge is 0.252 e. The average Bonchev–Trinajstić information content (AvgIpc) is 2.46. The Morgan fingerprint density at radius 3 is 2.50 bits per heavy atom. The minimum Gasteiger partial charge on any atom is -0.352 e. The van der Waals surface area contributed by atoms with Gasteiger partial charge >= 0.3 is 0 Å². The van der Waals surface area contributed by atoms with Crippen molar-refractivity contribution in [3.63, 3.8) is 0 Å². The molecule has 7 heteroatoms. The first-order valence-corrected chi connectivity index (χ1v) is 9.12. The molecule has 0 saturated heterocycles. The van der Waals surface area contributed by atoms with Gasteiger partial charge in [-0.15, -0.1) is 0 Å². The van der Waals surface area contributed by atoms with Gasteiger partial charge in [-0.1, -0.05) is 37.8 Å². The molecule has 0 atom stereocenters. The molecule has 22 heavy (non-hydrogen) atoms. The zero-order chi connectivity index (χ0) is 16.8. The van der Waals surface area contributed by atoms with E-state index in [1.807, 2.05) is 0 Å². The molecule has 0 bridgehead atoms. The molecule has 1 aromatic rings. The first-order chi connectivity index (χ1) is 10.3. The summed E-state index contributed by atoms with van der Waals surface area (Å²) in [5.74, 6) is -0.350. The van der Waals surface area contributed by atoms with Crippen LogP contribution in [0.3, 0.4) is 0 Å². The van der Waals surface area contributed by atoms with Crippen LogP contribution in [0.25, 0.3) is 0 Å². The van der Waals surface area contributed by atoms with E-state index in [0.29, 0.717) is 6.54 Å². The van der Waals surface area contributed by atoms with Crippen LogP contribution in [0.4, 0.5) is 0 Å². The number of hydrogen-bond acceptors (Lipinski definition) is 3. The van der Waals surface area contributed by atoms with Crippen molar-refractivity contribution in [2.24, 2.45) is 0 Å². The topological polar surface area (TPSA) is 66.5 Å². The maximum Gasteiger partial charge on any atom is 0.252 e. The van der Waals surface area contributed by atoms with E-state index in [1.54, 1.807) is 0 Å². The van der Waals surface area contributed by atoms with E-state index < -0.39 is 10.0 Å². The highest BCUT2D eigenvalue weighted by Gasteiger charge is 2.20. The third-order valence-electron chi connectivity index (χ3n) is 3.28. The summed E-state index contributed by atoms with van der Waals surface area (Å²) in [6.45, 7) is 2.68. The number of sulfonamides is 1. The summed E-state index contributed by atoms with van der Waals surface area (Å²) in [7, 11) is -0.704. The van der Waals surface area contributed by atoms with Gasteiger partial charge in [-0.2, -0.15) is 0 Å². The van der Waals surface area contributed by atoms with Crippen LogP contribution in [0.15, 0.2) is 23.1 Å². The number of nitrogens with one attached hydrogen (secondary N) is 1. The van der Waals surface area contributed by atoms with E-state index in [1.165, 1.54) is 32.3 Å². The van der Waals surface area contributed by atoms with Gasteiger partial charge in [0.1, 0.15) is 0 Å². The number of carbonyl (C=O) groups excluding carboxylic acids is 1. The van der Waals surface area contributed by atoms with E-state index >= 15 is 0 Å². The molecule has 0 aliphatic heterocycles. The number of carbonyl (C=O) groups is 1. The normalized spacial score (nSPS) is 11.7. The molecule has 1 rings (SSSR count). The zero-order valence-electron chi connectivity index (χ0n) is 13.2. The predicted octanol–water partition coefficient (Wildman–Crippen LogP) is 2.90. The lowest BCUT2D eigenvalue weighted by Crippen LogP contribution is -2.26. The predicted molar refractivity (Wildman–Crippen MR) is 88.8 cm³/mol. The van der Waals surface area contributed by atoms with E-state index in [2.05, 4.69) is 12.2 Å². The van der Waals surface area contributed by atoms with Gasteiger partial charge in [0.2, 0.25) is 10.0 Å². The lowest BCUT2D eigenvalue weighted by atomic mass is 10.2. The van der Waals surface area contributed by atoms with Gasteiger partial charge in [-0.3, -0.25) is 4.79 Å². The minimum absolute atomic E-state index is 0.0537. The summed E-state index contributed by atoms with van der Waals surface area (Å²) >= 11 is 6.01. The number of halogens is 1. The molecule has 0 radical (unpaired) electrons. The fourth-order valence-corrected chi connectivity index (χ4v) is 3.03. The van der Waals surface area contributed by atoms with Crippen LogP contribution in [0.5, 0.6) is 0 Å². The van der Waals surface area contributed by atoms with Crippen LogP contribution in [0.1, 0.15) is 43.0 Å². The Kier molecular flexibility index (Phi) is 7.32. The Labute approximate surface area is 137 Å². The van der Waals surface area contributed by atoms with Gasteiger partial charge in [-0.25, -0.2) is 12.7 Å². The van der Waals surface area contributed by atoms with E-state index in [9.17, 15) is 13.2 Å². The van der Waals surface area contributed by atoms with Crippen LogP contribution in [0.2, 0.25) is 5.02 Å². The third-order valence-corrected chi connectivity index (χ3v) is 5.42. The number of hydrogen-bond donors (Lipinski definition) is 1. The van der Waals surface area contributed by atoms with Crippen LogP contribution in [-0.2, 0) is 10.0 Å². The second kappa shape index (κ2) is 8.50. The minimum atomic E-state index is -3.59. The molecule has 1 N–H and O–H groups in total. The summed E-state index contributed by atoms with van der Waals surface area (Å²) < 4.78 is 25.3. The van der Waals surface area contributed by atoms with Crippen molar-refractivity contribution in [3.05, 3.63) is 28.8 Å². The Balaban J connectivity index is 2.84. The Bertz CT molecular complexity index is 615. The van der Waals surface area contributed by atoms with Crippen molar-refractivity contribution >= 4 is 27.5 Å². The highest BCUT2D eigenvalue weighted by Crippen LogP contribution is 2.22. The summed E-state index contributed by atoms with van der Waals surface area (Å²) in [6, 6.07) is 4.15. The number of benzene rings is 1. The highest BCUT2D eigenvalue weighted by atomic mass is 35.5. The number of nitrogens with zero attached hydrogens (tertiary/aromatic N) is 1. The molecule has 1 aromatic carbocycles. The lowest BCUT2D eigenvalue weighted by molar-refractivity contribution is 0.0953. The summed E-state index contributed by atoms with van der Waals surface area (Å²) in [4.78, 5) is 12.2. The summed E-state index contributed by atoms with van der Waals surface area (Å²) in [5, 5.41) is 3.01. The molecule has 0 unspecified atom stereocenters. The lowest BCUT2D eigenvalue weighted by Gasteiger charge is -2.13. The van der Waals surface area contributed by atoms with E-state index in [0.717, 1.165) is 30.0 Å². The van der Waals surface area contributed by atoms with Gasteiger partial charge in [0.15, 0.2) is 0 Å². The Morgan fingerprint density at radius 1 is 1.23 bits per heavy atom. The maximum absolute atomic E-state index is 12.1. The van der Waals surface area contributed by atoms with E-state index in [4.69, 9.17) is 11.6 Å². The SMILES string of the molecule is CCCCCCNC(=O)c1cc(S(=O)(=O)N(C)C)ccc1Cl. The molecule has 0 spiro atoms. The summed E-state index contributed by atoms with van der Waals surface area (Å²) in [6.07, 6.45) is 4.21. The van der Waals surface area contributed by atoms with Crippen molar-refractivity contribution < 1.29 is 13.2 Å². The van der Waals surface area contributed by atoms with Crippen LogP contribution < -0.4 is 5.32 Å². The fraction of sp³-hybridized carbons (Fsp3) is 0.533. The molecule has 5 nitrogen and oxygen atoms in total.